The maximum Gasteiger partial charge on any atom is 0.142 e. The third kappa shape index (κ3) is 1.46. The normalized spacial score (nSPS) is 10.1. The van der Waals surface area contributed by atoms with E-state index >= 15 is 0 Å². The van der Waals surface area contributed by atoms with E-state index in [0.29, 0.717) is 12.0 Å². The van der Waals surface area contributed by atoms with Crippen LogP contribution in [-0.4, -0.2) is 5.11 Å². The highest BCUT2D eigenvalue weighted by Gasteiger charge is 2.08. The first-order valence-electron chi connectivity index (χ1n) is 3.32. The van der Waals surface area contributed by atoms with Crippen LogP contribution < -0.4 is 0 Å². The van der Waals surface area contributed by atoms with E-state index in [1.165, 1.54) is 6.07 Å². The number of hydrogen-bond acceptors (Lipinski definition) is 1. The Labute approximate surface area is 69.4 Å². The maximum absolute atomic E-state index is 12.7. The van der Waals surface area contributed by atoms with Crippen LogP contribution in [0, 0.1) is 5.82 Å². The summed E-state index contributed by atoms with van der Waals surface area (Å²) < 4.78 is 12.7. The highest BCUT2D eigenvalue weighted by Crippen LogP contribution is 2.28. The molecule has 1 aromatic rings. The summed E-state index contributed by atoms with van der Waals surface area (Å²) in [6.45, 7) is 1.81. The SMILES string of the molecule is CCc1c(O)ccc(F)c1Cl. The van der Waals surface area contributed by atoms with Crippen molar-refractivity contribution >= 4 is 11.6 Å². The van der Waals surface area contributed by atoms with Crippen LogP contribution in [0.3, 0.4) is 0 Å². The second-order valence-electron chi connectivity index (χ2n) is 2.21. The van der Waals surface area contributed by atoms with Gasteiger partial charge in [0.05, 0.1) is 5.02 Å². The molecule has 0 unspecified atom stereocenters. The van der Waals surface area contributed by atoms with Crippen molar-refractivity contribution in [1.82, 2.24) is 0 Å². The van der Waals surface area contributed by atoms with E-state index in [1.54, 1.807) is 6.92 Å². The molecule has 0 aliphatic rings. The van der Waals surface area contributed by atoms with Gasteiger partial charge in [0.2, 0.25) is 0 Å². The second-order valence-corrected chi connectivity index (χ2v) is 2.59. The first-order chi connectivity index (χ1) is 5.16. The van der Waals surface area contributed by atoms with Crippen LogP contribution in [0.5, 0.6) is 5.75 Å². The van der Waals surface area contributed by atoms with Gasteiger partial charge in [-0.2, -0.15) is 0 Å². The number of phenolic OH excluding ortho intramolecular Hbond substituents is 1. The molecule has 0 atom stereocenters. The summed E-state index contributed by atoms with van der Waals surface area (Å²) in [6.07, 6.45) is 0.530. The van der Waals surface area contributed by atoms with Gasteiger partial charge in [0.25, 0.3) is 0 Å². The van der Waals surface area contributed by atoms with Crippen molar-refractivity contribution < 1.29 is 9.50 Å². The van der Waals surface area contributed by atoms with Crippen LogP contribution >= 0.6 is 11.6 Å². The van der Waals surface area contributed by atoms with Gasteiger partial charge in [-0.3, -0.25) is 0 Å². The summed E-state index contributed by atoms with van der Waals surface area (Å²) in [5.41, 5.74) is 0.465. The minimum absolute atomic E-state index is 0.0208. The molecule has 1 aromatic carbocycles. The zero-order valence-electron chi connectivity index (χ0n) is 6.06. The summed E-state index contributed by atoms with van der Waals surface area (Å²) in [5, 5.41) is 9.19. The Bertz CT molecular complexity index is 273. The van der Waals surface area contributed by atoms with E-state index in [4.69, 9.17) is 16.7 Å². The Kier molecular flexibility index (Phi) is 2.35. The molecule has 3 heteroatoms. The molecule has 0 amide bonds. The minimum Gasteiger partial charge on any atom is -0.508 e. The summed E-state index contributed by atoms with van der Waals surface area (Å²) in [5.74, 6) is -0.430. The van der Waals surface area contributed by atoms with Crippen LogP contribution in [0.2, 0.25) is 5.02 Å². The van der Waals surface area contributed by atoms with E-state index < -0.39 is 5.82 Å². The average molecular weight is 175 g/mol. The maximum atomic E-state index is 12.7. The van der Waals surface area contributed by atoms with Gasteiger partial charge in [-0.1, -0.05) is 18.5 Å². The molecule has 0 radical (unpaired) electrons. The summed E-state index contributed by atoms with van der Waals surface area (Å²) in [6, 6.07) is 2.46. The highest BCUT2D eigenvalue weighted by molar-refractivity contribution is 6.31. The lowest BCUT2D eigenvalue weighted by Crippen LogP contribution is -1.86. The van der Waals surface area contributed by atoms with Gasteiger partial charge < -0.3 is 5.11 Å². The molecule has 1 N–H and O–H groups in total. The Balaban J connectivity index is 3.29. The molecule has 0 aromatic heterocycles. The van der Waals surface area contributed by atoms with Gasteiger partial charge >= 0.3 is 0 Å². The Morgan fingerprint density at radius 3 is 2.64 bits per heavy atom. The third-order valence-corrected chi connectivity index (χ3v) is 1.93. The number of hydrogen-bond donors (Lipinski definition) is 1. The molecular formula is C8H8ClFO. The summed E-state index contributed by atoms with van der Waals surface area (Å²) in [7, 11) is 0. The molecule has 0 aliphatic heterocycles. The molecule has 11 heavy (non-hydrogen) atoms. The molecule has 60 valence electrons. The summed E-state index contributed by atoms with van der Waals surface area (Å²) >= 11 is 5.56. The summed E-state index contributed by atoms with van der Waals surface area (Å²) in [4.78, 5) is 0. The van der Waals surface area contributed by atoms with Crippen LogP contribution in [0.1, 0.15) is 12.5 Å². The van der Waals surface area contributed by atoms with E-state index in [1.807, 2.05) is 0 Å². The molecule has 0 bridgehead atoms. The fourth-order valence-corrected chi connectivity index (χ4v) is 1.21. The molecular weight excluding hydrogens is 167 g/mol. The van der Waals surface area contributed by atoms with Crippen molar-refractivity contribution in [3.8, 4) is 5.75 Å². The number of phenols is 1. The first-order valence-corrected chi connectivity index (χ1v) is 3.70. The zero-order chi connectivity index (χ0) is 8.43. The molecule has 0 spiro atoms. The lowest BCUT2D eigenvalue weighted by molar-refractivity contribution is 0.466. The van der Waals surface area contributed by atoms with Crippen molar-refractivity contribution in [2.75, 3.05) is 0 Å². The quantitative estimate of drug-likeness (QED) is 0.694. The topological polar surface area (TPSA) is 20.2 Å². The fourth-order valence-electron chi connectivity index (χ4n) is 0.919. The monoisotopic (exact) mass is 174 g/mol. The van der Waals surface area contributed by atoms with Crippen molar-refractivity contribution in [2.24, 2.45) is 0 Å². The Hall–Kier alpha value is -0.760. The van der Waals surface area contributed by atoms with E-state index in [-0.39, 0.29) is 10.8 Å². The number of aromatic hydroxyl groups is 1. The molecule has 0 saturated heterocycles. The molecule has 1 rings (SSSR count). The predicted octanol–water partition coefficient (Wildman–Crippen LogP) is 2.75. The smallest absolute Gasteiger partial charge is 0.142 e. The van der Waals surface area contributed by atoms with Gasteiger partial charge in [-0.25, -0.2) is 4.39 Å². The first kappa shape index (κ1) is 8.34. The lowest BCUT2D eigenvalue weighted by atomic mass is 10.1. The minimum atomic E-state index is -0.485. The number of benzene rings is 1. The van der Waals surface area contributed by atoms with E-state index in [2.05, 4.69) is 0 Å². The Morgan fingerprint density at radius 2 is 2.18 bits per heavy atom. The Morgan fingerprint density at radius 1 is 1.55 bits per heavy atom. The van der Waals surface area contributed by atoms with Gasteiger partial charge in [0, 0.05) is 5.56 Å². The van der Waals surface area contributed by atoms with E-state index in [9.17, 15) is 4.39 Å². The highest BCUT2D eigenvalue weighted by atomic mass is 35.5. The van der Waals surface area contributed by atoms with Crippen molar-refractivity contribution in [3.63, 3.8) is 0 Å². The number of halogens is 2. The van der Waals surface area contributed by atoms with Crippen molar-refractivity contribution in [2.45, 2.75) is 13.3 Å². The van der Waals surface area contributed by atoms with Crippen LogP contribution in [0.4, 0.5) is 4.39 Å². The van der Waals surface area contributed by atoms with Crippen LogP contribution in [-0.2, 0) is 6.42 Å². The van der Waals surface area contributed by atoms with Crippen molar-refractivity contribution in [1.29, 1.82) is 0 Å². The zero-order valence-corrected chi connectivity index (χ0v) is 6.82. The average Bonchev–Trinajstić information content (AvgIpc) is 1.99. The third-order valence-electron chi connectivity index (χ3n) is 1.52. The van der Waals surface area contributed by atoms with Gasteiger partial charge in [0.1, 0.15) is 11.6 Å². The second kappa shape index (κ2) is 3.09. The van der Waals surface area contributed by atoms with Gasteiger partial charge in [-0.15, -0.1) is 0 Å². The van der Waals surface area contributed by atoms with E-state index in [0.717, 1.165) is 6.07 Å². The molecule has 0 aliphatic carbocycles. The molecule has 0 fully saturated rings. The van der Waals surface area contributed by atoms with Crippen molar-refractivity contribution in [3.05, 3.63) is 28.5 Å². The fraction of sp³-hybridized carbons (Fsp3) is 0.250. The van der Waals surface area contributed by atoms with Crippen LogP contribution in [0.25, 0.3) is 0 Å². The lowest BCUT2D eigenvalue weighted by Gasteiger charge is -2.03. The van der Waals surface area contributed by atoms with Crippen LogP contribution in [0.15, 0.2) is 12.1 Å². The molecule has 0 saturated carbocycles. The molecule has 1 nitrogen and oxygen atoms in total. The van der Waals surface area contributed by atoms with Gasteiger partial charge in [0.15, 0.2) is 0 Å². The largest absolute Gasteiger partial charge is 0.508 e. The predicted molar refractivity (Wildman–Crippen MR) is 42.5 cm³/mol. The standard InChI is InChI=1S/C8H8ClFO/c1-2-5-7(11)4-3-6(10)8(5)9/h3-4,11H,2H2,1H3. The number of rotatable bonds is 1. The molecule has 0 heterocycles. The van der Waals surface area contributed by atoms with Gasteiger partial charge in [-0.05, 0) is 18.6 Å².